The van der Waals surface area contributed by atoms with Crippen LogP contribution in [0.25, 0.3) is 0 Å². The molecule has 0 saturated heterocycles. The van der Waals surface area contributed by atoms with Gasteiger partial charge in [-0.1, -0.05) is 6.92 Å². The number of imidazole rings is 1. The molecule has 0 spiro atoms. The van der Waals surface area contributed by atoms with Gasteiger partial charge >= 0.3 is 0 Å². The Morgan fingerprint density at radius 1 is 1.56 bits per heavy atom. The molecule has 1 aromatic heterocycles. The lowest BCUT2D eigenvalue weighted by atomic mass is 9.75. The lowest BCUT2D eigenvalue weighted by Crippen LogP contribution is -2.49. The van der Waals surface area contributed by atoms with E-state index in [9.17, 15) is 0 Å². The van der Waals surface area contributed by atoms with E-state index < -0.39 is 0 Å². The average molecular weight is 222 g/mol. The highest BCUT2D eigenvalue weighted by Gasteiger charge is 2.34. The molecular formula is C12H22N4. The summed E-state index contributed by atoms with van der Waals surface area (Å²) in [5.41, 5.74) is 7.02. The SMILES string of the molecule is CCC1(NCc2cn(CCN)cn2)CCC1. The molecular weight excluding hydrogens is 200 g/mol. The Morgan fingerprint density at radius 3 is 2.94 bits per heavy atom. The monoisotopic (exact) mass is 222 g/mol. The third-order valence-electron chi connectivity index (χ3n) is 3.71. The van der Waals surface area contributed by atoms with Gasteiger partial charge in [-0.15, -0.1) is 0 Å². The first-order chi connectivity index (χ1) is 7.78. The molecule has 0 aliphatic heterocycles. The minimum Gasteiger partial charge on any atom is -0.336 e. The average Bonchev–Trinajstić information content (AvgIpc) is 2.66. The molecule has 4 nitrogen and oxygen atoms in total. The van der Waals surface area contributed by atoms with E-state index in [4.69, 9.17) is 5.73 Å². The number of aromatic nitrogens is 2. The summed E-state index contributed by atoms with van der Waals surface area (Å²) in [6.45, 7) is 4.67. The van der Waals surface area contributed by atoms with Gasteiger partial charge in [-0.25, -0.2) is 4.98 Å². The van der Waals surface area contributed by atoms with Crippen molar-refractivity contribution in [2.75, 3.05) is 6.54 Å². The van der Waals surface area contributed by atoms with Gasteiger partial charge in [0, 0.05) is 31.4 Å². The molecule has 1 fully saturated rings. The summed E-state index contributed by atoms with van der Waals surface area (Å²) in [5.74, 6) is 0. The molecule has 0 unspecified atom stereocenters. The second kappa shape index (κ2) is 4.97. The Hall–Kier alpha value is -0.870. The first-order valence-corrected chi connectivity index (χ1v) is 6.24. The zero-order chi connectivity index (χ0) is 11.4. The van der Waals surface area contributed by atoms with Crippen LogP contribution in [0.15, 0.2) is 12.5 Å². The maximum Gasteiger partial charge on any atom is 0.0950 e. The van der Waals surface area contributed by atoms with E-state index in [-0.39, 0.29) is 0 Å². The topological polar surface area (TPSA) is 55.9 Å². The van der Waals surface area contributed by atoms with Crippen LogP contribution in [-0.4, -0.2) is 21.6 Å². The highest BCUT2D eigenvalue weighted by atomic mass is 15.1. The maximum absolute atomic E-state index is 5.50. The van der Waals surface area contributed by atoms with Crippen molar-refractivity contribution in [3.63, 3.8) is 0 Å². The molecule has 1 heterocycles. The number of nitrogens with two attached hydrogens (primary N) is 1. The summed E-state index contributed by atoms with van der Waals surface area (Å²) in [6, 6.07) is 0. The Bertz CT molecular complexity index is 322. The van der Waals surface area contributed by atoms with E-state index in [2.05, 4.69) is 28.0 Å². The second-order valence-electron chi connectivity index (χ2n) is 4.73. The van der Waals surface area contributed by atoms with Crippen LogP contribution in [0.3, 0.4) is 0 Å². The molecule has 1 aromatic rings. The molecule has 4 heteroatoms. The molecule has 16 heavy (non-hydrogen) atoms. The second-order valence-corrected chi connectivity index (χ2v) is 4.73. The zero-order valence-corrected chi connectivity index (χ0v) is 10.1. The van der Waals surface area contributed by atoms with Crippen molar-refractivity contribution in [3.05, 3.63) is 18.2 Å². The van der Waals surface area contributed by atoms with Crippen LogP contribution in [0.5, 0.6) is 0 Å². The molecule has 0 amide bonds. The number of hydrogen-bond donors (Lipinski definition) is 2. The van der Waals surface area contributed by atoms with Crippen LogP contribution in [0.2, 0.25) is 0 Å². The molecule has 90 valence electrons. The van der Waals surface area contributed by atoms with Gasteiger partial charge in [0.2, 0.25) is 0 Å². The third kappa shape index (κ3) is 2.44. The van der Waals surface area contributed by atoms with Crippen molar-refractivity contribution >= 4 is 0 Å². The summed E-state index contributed by atoms with van der Waals surface area (Å²) in [6.07, 6.45) is 9.16. The van der Waals surface area contributed by atoms with E-state index in [1.54, 1.807) is 0 Å². The van der Waals surface area contributed by atoms with E-state index in [0.29, 0.717) is 12.1 Å². The van der Waals surface area contributed by atoms with Gasteiger partial charge in [0.1, 0.15) is 0 Å². The van der Waals surface area contributed by atoms with Gasteiger partial charge in [-0.3, -0.25) is 0 Å². The highest BCUT2D eigenvalue weighted by molar-refractivity contribution is 5.01. The molecule has 2 rings (SSSR count). The van der Waals surface area contributed by atoms with Gasteiger partial charge in [-0.2, -0.15) is 0 Å². The molecule has 1 saturated carbocycles. The van der Waals surface area contributed by atoms with Gasteiger partial charge in [0.05, 0.1) is 12.0 Å². The highest BCUT2D eigenvalue weighted by Crippen LogP contribution is 2.34. The Kier molecular flexibility index (Phi) is 3.61. The number of hydrogen-bond acceptors (Lipinski definition) is 3. The molecule has 0 bridgehead atoms. The van der Waals surface area contributed by atoms with Gasteiger partial charge in [-0.05, 0) is 25.7 Å². The lowest BCUT2D eigenvalue weighted by Gasteiger charge is -2.42. The van der Waals surface area contributed by atoms with Gasteiger partial charge < -0.3 is 15.6 Å². The van der Waals surface area contributed by atoms with Crippen LogP contribution in [-0.2, 0) is 13.1 Å². The summed E-state index contributed by atoms with van der Waals surface area (Å²) >= 11 is 0. The van der Waals surface area contributed by atoms with E-state index in [0.717, 1.165) is 18.8 Å². The summed E-state index contributed by atoms with van der Waals surface area (Å²) < 4.78 is 2.05. The Labute approximate surface area is 97.2 Å². The number of nitrogens with one attached hydrogen (secondary N) is 1. The summed E-state index contributed by atoms with van der Waals surface area (Å²) in [4.78, 5) is 4.38. The minimum atomic E-state index is 0.400. The fraction of sp³-hybridized carbons (Fsp3) is 0.750. The summed E-state index contributed by atoms with van der Waals surface area (Å²) in [7, 11) is 0. The minimum absolute atomic E-state index is 0.400. The standard InChI is InChI=1S/C12H22N4/c1-2-12(4-3-5-12)15-8-11-9-16(7-6-13)10-14-11/h9-10,15H,2-8,13H2,1H3. The van der Waals surface area contributed by atoms with Crippen molar-refractivity contribution in [3.8, 4) is 0 Å². The van der Waals surface area contributed by atoms with Gasteiger partial charge in [0.15, 0.2) is 0 Å². The van der Waals surface area contributed by atoms with Crippen molar-refractivity contribution in [2.24, 2.45) is 5.73 Å². The van der Waals surface area contributed by atoms with E-state index in [1.165, 1.54) is 25.7 Å². The Morgan fingerprint density at radius 2 is 2.38 bits per heavy atom. The molecule has 0 atom stereocenters. The lowest BCUT2D eigenvalue weighted by molar-refractivity contribution is 0.175. The van der Waals surface area contributed by atoms with Crippen LogP contribution in [0.4, 0.5) is 0 Å². The van der Waals surface area contributed by atoms with Crippen LogP contribution in [0.1, 0.15) is 38.3 Å². The fourth-order valence-electron chi connectivity index (χ4n) is 2.31. The molecule has 1 aliphatic rings. The van der Waals surface area contributed by atoms with E-state index >= 15 is 0 Å². The largest absolute Gasteiger partial charge is 0.336 e. The number of nitrogens with zero attached hydrogens (tertiary/aromatic N) is 2. The Balaban J connectivity index is 1.84. The molecule has 3 N–H and O–H groups in total. The molecule has 1 aliphatic carbocycles. The van der Waals surface area contributed by atoms with Crippen LogP contribution < -0.4 is 11.1 Å². The molecule has 0 aromatic carbocycles. The predicted octanol–water partition coefficient (Wildman–Crippen LogP) is 1.26. The predicted molar refractivity (Wildman–Crippen MR) is 65.0 cm³/mol. The normalized spacial score (nSPS) is 18.4. The zero-order valence-electron chi connectivity index (χ0n) is 10.1. The van der Waals surface area contributed by atoms with Crippen molar-refractivity contribution in [1.29, 1.82) is 0 Å². The van der Waals surface area contributed by atoms with Crippen LogP contribution >= 0.6 is 0 Å². The molecule has 0 radical (unpaired) electrons. The van der Waals surface area contributed by atoms with Crippen molar-refractivity contribution < 1.29 is 0 Å². The maximum atomic E-state index is 5.50. The third-order valence-corrected chi connectivity index (χ3v) is 3.71. The first-order valence-electron chi connectivity index (χ1n) is 6.24. The van der Waals surface area contributed by atoms with Gasteiger partial charge in [0.25, 0.3) is 0 Å². The summed E-state index contributed by atoms with van der Waals surface area (Å²) in [5, 5.41) is 3.65. The fourth-order valence-corrected chi connectivity index (χ4v) is 2.31. The van der Waals surface area contributed by atoms with Crippen LogP contribution in [0, 0.1) is 0 Å². The smallest absolute Gasteiger partial charge is 0.0950 e. The quantitative estimate of drug-likeness (QED) is 0.762. The van der Waals surface area contributed by atoms with E-state index in [1.807, 2.05) is 6.33 Å². The number of rotatable bonds is 6. The first kappa shape index (κ1) is 11.6. The van der Waals surface area contributed by atoms with Crippen molar-refractivity contribution in [2.45, 2.75) is 51.2 Å². The van der Waals surface area contributed by atoms with Crippen molar-refractivity contribution in [1.82, 2.24) is 14.9 Å².